The van der Waals surface area contributed by atoms with E-state index in [2.05, 4.69) is 11.9 Å². The van der Waals surface area contributed by atoms with E-state index in [1.54, 1.807) is 10.4 Å². The summed E-state index contributed by atoms with van der Waals surface area (Å²) in [5.41, 5.74) is 0. The molecule has 17 heavy (non-hydrogen) atoms. The first-order valence-electron chi connectivity index (χ1n) is 6.47. The van der Waals surface area contributed by atoms with Gasteiger partial charge in [-0.1, -0.05) is 12.5 Å². The molecule has 1 atom stereocenters. The Bertz CT molecular complexity index is 357. The van der Waals surface area contributed by atoms with Crippen LogP contribution >= 0.6 is 0 Å². The van der Waals surface area contributed by atoms with Crippen LogP contribution in [0.4, 0.5) is 0 Å². The average molecular weight is 258 g/mol. The van der Waals surface area contributed by atoms with E-state index in [-0.39, 0.29) is 17.8 Å². The standard InChI is InChI=1S/C12H22N2O2S/c1-2-9-14(12-6-7-12)17(15,16)10-11-5-3-4-8-13-11/h2,11-13H,1,3-10H2. The summed E-state index contributed by atoms with van der Waals surface area (Å²) >= 11 is 0. The molecule has 1 saturated heterocycles. The summed E-state index contributed by atoms with van der Waals surface area (Å²) < 4.78 is 26.3. The summed E-state index contributed by atoms with van der Waals surface area (Å²) in [5, 5.41) is 3.30. The van der Waals surface area contributed by atoms with Crippen molar-refractivity contribution in [2.45, 2.75) is 44.2 Å². The lowest BCUT2D eigenvalue weighted by molar-refractivity contribution is 0.399. The van der Waals surface area contributed by atoms with Gasteiger partial charge in [0.15, 0.2) is 0 Å². The highest BCUT2D eigenvalue weighted by Crippen LogP contribution is 2.29. The minimum atomic E-state index is -3.12. The smallest absolute Gasteiger partial charge is 0.216 e. The largest absolute Gasteiger partial charge is 0.313 e. The molecule has 0 amide bonds. The van der Waals surface area contributed by atoms with Crippen LogP contribution in [0.3, 0.4) is 0 Å². The molecule has 98 valence electrons. The SMILES string of the molecule is C=CCN(C1CC1)S(=O)(=O)CC1CCCCN1. The van der Waals surface area contributed by atoms with Gasteiger partial charge in [0, 0.05) is 18.6 Å². The van der Waals surface area contributed by atoms with Crippen molar-refractivity contribution in [3.05, 3.63) is 12.7 Å². The number of nitrogens with zero attached hydrogens (tertiary/aromatic N) is 1. The van der Waals surface area contributed by atoms with Crippen LogP contribution in [-0.2, 0) is 10.0 Å². The van der Waals surface area contributed by atoms with Crippen LogP contribution in [0.5, 0.6) is 0 Å². The third-order valence-corrected chi connectivity index (χ3v) is 5.43. The minimum Gasteiger partial charge on any atom is -0.313 e. The Kier molecular flexibility index (Phi) is 4.22. The Labute approximate surface area is 104 Å². The fourth-order valence-corrected chi connectivity index (χ4v) is 4.38. The first kappa shape index (κ1) is 13.1. The van der Waals surface area contributed by atoms with Crippen molar-refractivity contribution in [3.8, 4) is 0 Å². The van der Waals surface area contributed by atoms with Crippen molar-refractivity contribution in [1.82, 2.24) is 9.62 Å². The molecule has 1 heterocycles. The summed E-state index contributed by atoms with van der Waals surface area (Å²) in [6, 6.07) is 0.376. The first-order chi connectivity index (χ1) is 8.13. The maximum atomic E-state index is 12.3. The molecular weight excluding hydrogens is 236 g/mol. The van der Waals surface area contributed by atoms with Gasteiger partial charge in [-0.25, -0.2) is 8.42 Å². The average Bonchev–Trinajstić information content (AvgIpc) is 3.10. The zero-order valence-electron chi connectivity index (χ0n) is 10.3. The van der Waals surface area contributed by atoms with Crippen molar-refractivity contribution in [2.24, 2.45) is 0 Å². The number of hydrogen-bond donors (Lipinski definition) is 1. The highest BCUT2D eigenvalue weighted by molar-refractivity contribution is 7.89. The molecule has 0 bridgehead atoms. The zero-order valence-corrected chi connectivity index (χ0v) is 11.1. The summed E-state index contributed by atoms with van der Waals surface area (Å²) in [6.07, 6.45) is 6.97. The van der Waals surface area contributed by atoms with E-state index in [1.807, 2.05) is 0 Å². The number of rotatable bonds is 6. The Morgan fingerprint density at radius 2 is 2.06 bits per heavy atom. The number of nitrogens with one attached hydrogen (secondary N) is 1. The van der Waals surface area contributed by atoms with Crippen molar-refractivity contribution >= 4 is 10.0 Å². The Balaban J connectivity index is 1.97. The van der Waals surface area contributed by atoms with Crippen LogP contribution in [0.2, 0.25) is 0 Å². The molecule has 1 unspecified atom stereocenters. The van der Waals surface area contributed by atoms with Gasteiger partial charge < -0.3 is 5.32 Å². The fraction of sp³-hybridized carbons (Fsp3) is 0.833. The van der Waals surface area contributed by atoms with Crippen molar-refractivity contribution in [3.63, 3.8) is 0 Å². The van der Waals surface area contributed by atoms with Gasteiger partial charge in [-0.2, -0.15) is 4.31 Å². The molecule has 2 fully saturated rings. The Morgan fingerprint density at radius 3 is 2.59 bits per heavy atom. The van der Waals surface area contributed by atoms with E-state index in [0.717, 1.165) is 38.6 Å². The minimum absolute atomic E-state index is 0.139. The molecule has 2 rings (SSSR count). The molecule has 0 aromatic rings. The molecule has 2 aliphatic rings. The molecule has 1 saturated carbocycles. The summed E-state index contributed by atoms with van der Waals surface area (Å²) in [7, 11) is -3.12. The van der Waals surface area contributed by atoms with E-state index < -0.39 is 10.0 Å². The lowest BCUT2D eigenvalue weighted by Gasteiger charge is -2.27. The van der Waals surface area contributed by atoms with E-state index in [0.29, 0.717) is 6.54 Å². The summed E-state index contributed by atoms with van der Waals surface area (Å²) in [6.45, 7) is 5.06. The molecule has 0 aromatic carbocycles. The molecule has 1 aliphatic heterocycles. The van der Waals surface area contributed by atoms with Crippen molar-refractivity contribution in [2.75, 3.05) is 18.8 Å². The van der Waals surface area contributed by atoms with Gasteiger partial charge >= 0.3 is 0 Å². The van der Waals surface area contributed by atoms with E-state index in [9.17, 15) is 8.42 Å². The van der Waals surface area contributed by atoms with Crippen LogP contribution < -0.4 is 5.32 Å². The van der Waals surface area contributed by atoms with Crippen LogP contribution in [0.25, 0.3) is 0 Å². The van der Waals surface area contributed by atoms with Crippen LogP contribution in [0.1, 0.15) is 32.1 Å². The van der Waals surface area contributed by atoms with E-state index in [4.69, 9.17) is 0 Å². The first-order valence-corrected chi connectivity index (χ1v) is 8.08. The number of sulfonamides is 1. The second kappa shape index (κ2) is 5.50. The van der Waals surface area contributed by atoms with Gasteiger partial charge in [0.05, 0.1) is 5.75 Å². The van der Waals surface area contributed by atoms with Gasteiger partial charge in [0.1, 0.15) is 0 Å². The monoisotopic (exact) mass is 258 g/mol. The quantitative estimate of drug-likeness (QED) is 0.726. The van der Waals surface area contributed by atoms with Gasteiger partial charge in [-0.05, 0) is 32.2 Å². The van der Waals surface area contributed by atoms with Crippen LogP contribution in [0, 0.1) is 0 Å². The Morgan fingerprint density at radius 1 is 1.29 bits per heavy atom. The second-order valence-electron chi connectivity index (χ2n) is 5.01. The van der Waals surface area contributed by atoms with Crippen LogP contribution in [0.15, 0.2) is 12.7 Å². The van der Waals surface area contributed by atoms with Crippen molar-refractivity contribution in [1.29, 1.82) is 0 Å². The molecule has 0 spiro atoms. The zero-order chi connectivity index (χ0) is 12.3. The van der Waals surface area contributed by atoms with Gasteiger partial charge in [0.25, 0.3) is 0 Å². The predicted molar refractivity (Wildman–Crippen MR) is 69.4 cm³/mol. The third-order valence-electron chi connectivity index (χ3n) is 3.44. The highest BCUT2D eigenvalue weighted by atomic mass is 32.2. The summed E-state index contributed by atoms with van der Waals surface area (Å²) in [4.78, 5) is 0. The fourth-order valence-electron chi connectivity index (χ4n) is 2.40. The molecule has 5 heteroatoms. The highest BCUT2D eigenvalue weighted by Gasteiger charge is 2.37. The maximum absolute atomic E-state index is 12.3. The second-order valence-corrected chi connectivity index (χ2v) is 6.98. The lowest BCUT2D eigenvalue weighted by Crippen LogP contribution is -2.44. The summed E-state index contributed by atoms with van der Waals surface area (Å²) in [5.74, 6) is 0.247. The number of piperidine rings is 1. The molecular formula is C12H22N2O2S. The van der Waals surface area contributed by atoms with Gasteiger partial charge in [0.2, 0.25) is 10.0 Å². The normalized spacial score (nSPS) is 26.1. The Hall–Kier alpha value is -0.390. The van der Waals surface area contributed by atoms with E-state index in [1.165, 1.54) is 0 Å². The molecule has 1 aliphatic carbocycles. The van der Waals surface area contributed by atoms with Crippen molar-refractivity contribution < 1.29 is 8.42 Å². The number of hydrogen-bond acceptors (Lipinski definition) is 3. The maximum Gasteiger partial charge on any atom is 0.216 e. The molecule has 0 radical (unpaired) electrons. The predicted octanol–water partition coefficient (Wildman–Crippen LogP) is 1.11. The molecule has 4 nitrogen and oxygen atoms in total. The molecule has 1 N–H and O–H groups in total. The van der Waals surface area contributed by atoms with Gasteiger partial charge in [-0.3, -0.25) is 0 Å². The topological polar surface area (TPSA) is 49.4 Å². The van der Waals surface area contributed by atoms with Gasteiger partial charge in [-0.15, -0.1) is 6.58 Å². The lowest BCUT2D eigenvalue weighted by atomic mass is 10.1. The van der Waals surface area contributed by atoms with Crippen LogP contribution in [-0.4, -0.2) is 43.6 Å². The third kappa shape index (κ3) is 3.53. The van der Waals surface area contributed by atoms with E-state index >= 15 is 0 Å². The molecule has 0 aromatic heterocycles.